The summed E-state index contributed by atoms with van der Waals surface area (Å²) in [6, 6.07) is 8.72. The molecule has 0 fully saturated rings. The average molecular weight is 283 g/mol. The lowest BCUT2D eigenvalue weighted by molar-refractivity contribution is 0.105. The van der Waals surface area contributed by atoms with Gasteiger partial charge in [0.25, 0.3) is 0 Å². The van der Waals surface area contributed by atoms with Gasteiger partial charge < -0.3 is 0 Å². The molecule has 1 aromatic carbocycles. The third-order valence-electron chi connectivity index (χ3n) is 3.78. The smallest absolute Gasteiger partial charge is 0.204 e. The number of hydrogen-bond donors (Lipinski definition) is 0. The number of hydrogen-bond acceptors (Lipinski definition) is 4. The van der Waals surface area contributed by atoms with Crippen molar-refractivity contribution in [3.05, 3.63) is 64.3 Å². The standard InChI is InChI=1S/C15H9NO3S/c17-15-11-8-16-6-5-12(11)20(18,19)13-7-9-3-1-2-4-10(9)14(13)15/h1-6,8H,7H2. The molecule has 0 radical (unpaired) electrons. The Hall–Kier alpha value is -2.27. The molecular formula is C15H9NO3S. The average Bonchev–Trinajstić information content (AvgIpc) is 2.86. The highest BCUT2D eigenvalue weighted by Gasteiger charge is 2.41. The van der Waals surface area contributed by atoms with Crippen molar-refractivity contribution in [1.82, 2.24) is 4.98 Å². The molecular weight excluding hydrogens is 274 g/mol. The first-order chi connectivity index (χ1) is 9.60. The van der Waals surface area contributed by atoms with E-state index >= 15 is 0 Å². The molecule has 0 saturated carbocycles. The quantitative estimate of drug-likeness (QED) is 0.742. The summed E-state index contributed by atoms with van der Waals surface area (Å²) in [4.78, 5) is 16.8. The van der Waals surface area contributed by atoms with Gasteiger partial charge in [-0.3, -0.25) is 9.78 Å². The molecule has 5 heteroatoms. The third kappa shape index (κ3) is 1.28. The van der Waals surface area contributed by atoms with Gasteiger partial charge >= 0.3 is 0 Å². The molecule has 2 aromatic rings. The van der Waals surface area contributed by atoms with Crippen LogP contribution >= 0.6 is 0 Å². The van der Waals surface area contributed by atoms with Crippen molar-refractivity contribution in [3.8, 4) is 0 Å². The van der Waals surface area contributed by atoms with E-state index in [9.17, 15) is 13.2 Å². The summed E-state index contributed by atoms with van der Waals surface area (Å²) in [5, 5.41) is 0. The van der Waals surface area contributed by atoms with Gasteiger partial charge in [0.1, 0.15) is 0 Å². The number of allylic oxidation sites excluding steroid dienone is 2. The van der Waals surface area contributed by atoms with Gasteiger partial charge in [-0.05, 0) is 17.2 Å². The van der Waals surface area contributed by atoms with Gasteiger partial charge in [-0.15, -0.1) is 0 Å². The number of sulfone groups is 1. The van der Waals surface area contributed by atoms with Crippen LogP contribution < -0.4 is 0 Å². The molecule has 0 atom stereocenters. The Balaban J connectivity index is 2.09. The Morgan fingerprint density at radius 1 is 1.05 bits per heavy atom. The van der Waals surface area contributed by atoms with Crippen molar-refractivity contribution in [1.29, 1.82) is 0 Å². The van der Waals surface area contributed by atoms with E-state index in [4.69, 9.17) is 0 Å². The highest BCUT2D eigenvalue weighted by atomic mass is 32.2. The van der Waals surface area contributed by atoms with Gasteiger partial charge in [-0.1, -0.05) is 24.3 Å². The van der Waals surface area contributed by atoms with Crippen LogP contribution in [0.15, 0.2) is 52.5 Å². The largest absolute Gasteiger partial charge is 0.288 e. The van der Waals surface area contributed by atoms with E-state index in [1.54, 1.807) is 6.07 Å². The number of carbonyl (C=O) groups excluding carboxylic acids is 1. The van der Waals surface area contributed by atoms with E-state index < -0.39 is 9.84 Å². The molecule has 0 saturated heterocycles. The molecule has 1 aliphatic carbocycles. The number of Topliss-reactive ketones (excluding diaryl/α,β-unsaturated/α-hetero) is 1. The lowest BCUT2D eigenvalue weighted by Gasteiger charge is -2.17. The first kappa shape index (κ1) is 11.5. The van der Waals surface area contributed by atoms with Crippen LogP contribution in [0.3, 0.4) is 0 Å². The molecule has 0 spiro atoms. The molecule has 2 heterocycles. The normalized spacial score (nSPS) is 18.5. The molecule has 2 aliphatic rings. The highest BCUT2D eigenvalue weighted by Crippen LogP contribution is 2.44. The zero-order valence-corrected chi connectivity index (χ0v) is 11.1. The topological polar surface area (TPSA) is 64.1 Å². The molecule has 0 unspecified atom stereocenters. The van der Waals surface area contributed by atoms with Gasteiger partial charge in [-0.2, -0.15) is 0 Å². The molecule has 0 bridgehead atoms. The zero-order valence-electron chi connectivity index (χ0n) is 10.3. The van der Waals surface area contributed by atoms with E-state index in [1.165, 1.54) is 18.5 Å². The van der Waals surface area contributed by atoms with Gasteiger partial charge in [0.2, 0.25) is 9.84 Å². The number of carbonyl (C=O) groups is 1. The molecule has 98 valence electrons. The van der Waals surface area contributed by atoms with E-state index in [2.05, 4.69) is 4.98 Å². The molecule has 4 nitrogen and oxygen atoms in total. The molecule has 1 aliphatic heterocycles. The predicted octanol–water partition coefficient (Wildman–Crippen LogP) is 2.02. The Kier molecular flexibility index (Phi) is 2.10. The van der Waals surface area contributed by atoms with E-state index in [0.29, 0.717) is 12.0 Å². The Labute approximate surface area is 115 Å². The zero-order chi connectivity index (χ0) is 13.9. The van der Waals surface area contributed by atoms with Crippen molar-refractivity contribution in [2.45, 2.75) is 11.3 Å². The van der Waals surface area contributed by atoms with Crippen LogP contribution in [0.25, 0.3) is 5.57 Å². The van der Waals surface area contributed by atoms with Crippen LogP contribution in [0, 0.1) is 0 Å². The second-order valence-corrected chi connectivity index (χ2v) is 6.78. The maximum atomic E-state index is 12.7. The minimum atomic E-state index is -3.60. The van der Waals surface area contributed by atoms with Crippen molar-refractivity contribution in [3.63, 3.8) is 0 Å². The molecule has 1 aromatic heterocycles. The summed E-state index contributed by atoms with van der Waals surface area (Å²) >= 11 is 0. The van der Waals surface area contributed by atoms with Gasteiger partial charge in [0, 0.05) is 24.4 Å². The van der Waals surface area contributed by atoms with Crippen LogP contribution in [0.2, 0.25) is 0 Å². The van der Waals surface area contributed by atoms with E-state index in [1.807, 2.05) is 18.2 Å². The van der Waals surface area contributed by atoms with Crippen molar-refractivity contribution < 1.29 is 13.2 Å². The Morgan fingerprint density at radius 3 is 2.70 bits per heavy atom. The number of rotatable bonds is 0. The summed E-state index contributed by atoms with van der Waals surface area (Å²) in [5.74, 6) is -0.247. The first-order valence-electron chi connectivity index (χ1n) is 6.16. The maximum absolute atomic E-state index is 12.7. The molecule has 20 heavy (non-hydrogen) atoms. The summed E-state index contributed by atoms with van der Waals surface area (Å²) in [6.45, 7) is 0. The molecule has 0 amide bonds. The lowest BCUT2D eigenvalue weighted by Crippen LogP contribution is -2.19. The summed E-state index contributed by atoms with van der Waals surface area (Å²) in [6.07, 6.45) is 3.03. The monoisotopic (exact) mass is 283 g/mol. The Bertz CT molecular complexity index is 910. The second kappa shape index (κ2) is 3.64. The number of aromatic nitrogens is 1. The lowest BCUT2D eigenvalue weighted by atomic mass is 9.99. The number of ketones is 1. The summed E-state index contributed by atoms with van der Waals surface area (Å²) in [5.41, 5.74) is 2.10. The molecule has 4 rings (SSSR count). The van der Waals surface area contributed by atoms with E-state index in [-0.39, 0.29) is 21.1 Å². The number of nitrogens with zero attached hydrogens (tertiary/aromatic N) is 1. The third-order valence-corrected chi connectivity index (χ3v) is 5.72. The second-order valence-electron chi connectivity index (χ2n) is 4.84. The minimum absolute atomic E-state index is 0.0732. The number of benzene rings is 1. The SMILES string of the molecule is O=C1C2=C(Cc3ccccc32)S(=O)(=O)c2ccncc21. The van der Waals surface area contributed by atoms with Crippen LogP contribution in [0.4, 0.5) is 0 Å². The fourth-order valence-electron chi connectivity index (χ4n) is 2.86. The van der Waals surface area contributed by atoms with Crippen LogP contribution in [0.1, 0.15) is 21.5 Å². The van der Waals surface area contributed by atoms with Gasteiger partial charge in [0.05, 0.1) is 15.4 Å². The number of fused-ring (bicyclic) bond motifs is 3. The molecule has 0 N–H and O–H groups in total. The van der Waals surface area contributed by atoms with Gasteiger partial charge in [0.15, 0.2) is 5.78 Å². The van der Waals surface area contributed by atoms with E-state index in [0.717, 1.165) is 11.1 Å². The van der Waals surface area contributed by atoms with Crippen LogP contribution in [0.5, 0.6) is 0 Å². The van der Waals surface area contributed by atoms with Crippen LogP contribution in [-0.4, -0.2) is 19.2 Å². The predicted molar refractivity (Wildman–Crippen MR) is 72.8 cm³/mol. The number of pyridine rings is 1. The highest BCUT2D eigenvalue weighted by molar-refractivity contribution is 7.95. The summed E-state index contributed by atoms with van der Waals surface area (Å²) in [7, 11) is -3.60. The first-order valence-corrected chi connectivity index (χ1v) is 7.64. The maximum Gasteiger partial charge on any atom is 0.204 e. The van der Waals surface area contributed by atoms with Crippen molar-refractivity contribution in [2.24, 2.45) is 0 Å². The van der Waals surface area contributed by atoms with Crippen LogP contribution in [-0.2, 0) is 16.3 Å². The Morgan fingerprint density at radius 2 is 1.85 bits per heavy atom. The van der Waals surface area contributed by atoms with Crippen molar-refractivity contribution >= 4 is 21.2 Å². The van der Waals surface area contributed by atoms with Gasteiger partial charge in [-0.25, -0.2) is 8.42 Å². The van der Waals surface area contributed by atoms with Crippen molar-refractivity contribution in [2.75, 3.05) is 0 Å². The summed E-state index contributed by atoms with van der Waals surface area (Å²) < 4.78 is 25.3. The minimum Gasteiger partial charge on any atom is -0.288 e. The fourth-order valence-corrected chi connectivity index (χ4v) is 4.62. The fraction of sp³-hybridized carbons (Fsp3) is 0.0667.